The number of rotatable bonds is 5. The van der Waals surface area contributed by atoms with Gasteiger partial charge in [-0.1, -0.05) is 6.07 Å². The number of piperidine rings is 1. The molecule has 1 amide bonds. The first-order valence-electron chi connectivity index (χ1n) is 10.7. The van der Waals surface area contributed by atoms with Gasteiger partial charge in [-0.15, -0.1) is 0 Å². The van der Waals surface area contributed by atoms with E-state index < -0.39 is 41.9 Å². The number of hydrogen-bond acceptors (Lipinski definition) is 7. The fourth-order valence-electron chi connectivity index (χ4n) is 3.56. The number of amides is 1. The van der Waals surface area contributed by atoms with Gasteiger partial charge in [0.05, 0.1) is 23.7 Å². The van der Waals surface area contributed by atoms with Crippen LogP contribution in [0.4, 0.5) is 44.1 Å². The molecule has 1 saturated heterocycles. The summed E-state index contributed by atoms with van der Waals surface area (Å²) in [7, 11) is 0. The zero-order valence-corrected chi connectivity index (χ0v) is 20.3. The molecule has 2 aromatic rings. The lowest BCUT2D eigenvalue weighted by Gasteiger charge is -2.39. The van der Waals surface area contributed by atoms with Crippen LogP contribution >= 0.6 is 11.6 Å². The van der Waals surface area contributed by atoms with Crippen molar-refractivity contribution in [1.29, 1.82) is 5.41 Å². The molecule has 0 bridgehead atoms. The van der Waals surface area contributed by atoms with E-state index in [2.05, 4.69) is 20.6 Å². The molecule has 0 radical (unpaired) electrons. The number of anilines is 3. The van der Waals surface area contributed by atoms with E-state index in [0.717, 1.165) is 18.3 Å². The largest absolute Gasteiger partial charge is 0.444 e. The first kappa shape index (κ1) is 27.4. The van der Waals surface area contributed by atoms with Crippen molar-refractivity contribution in [2.24, 2.45) is 0 Å². The van der Waals surface area contributed by atoms with Gasteiger partial charge >= 0.3 is 12.3 Å². The Morgan fingerprint density at radius 1 is 1.28 bits per heavy atom. The second kappa shape index (κ2) is 10.0. The van der Waals surface area contributed by atoms with E-state index >= 15 is 0 Å². The van der Waals surface area contributed by atoms with Crippen molar-refractivity contribution in [2.75, 3.05) is 23.3 Å². The summed E-state index contributed by atoms with van der Waals surface area (Å²) in [6, 6.07) is 2.75. The van der Waals surface area contributed by atoms with E-state index in [1.807, 2.05) is 0 Å². The minimum Gasteiger partial charge on any atom is -0.444 e. The third-order valence-electron chi connectivity index (χ3n) is 5.08. The maximum absolute atomic E-state index is 15.0. The van der Waals surface area contributed by atoms with Gasteiger partial charge < -0.3 is 25.7 Å². The highest BCUT2D eigenvalue weighted by Gasteiger charge is 2.47. The maximum Gasteiger partial charge on any atom is 0.416 e. The maximum atomic E-state index is 15.0. The van der Waals surface area contributed by atoms with E-state index in [0.29, 0.717) is 0 Å². The van der Waals surface area contributed by atoms with Crippen molar-refractivity contribution in [3.05, 3.63) is 40.7 Å². The molecule has 36 heavy (non-hydrogen) atoms. The van der Waals surface area contributed by atoms with Gasteiger partial charge in [0.25, 0.3) is 5.92 Å². The average Bonchev–Trinajstić information content (AvgIpc) is 2.73. The number of carbonyl (C=O) groups excluding carboxylic acids is 1. The summed E-state index contributed by atoms with van der Waals surface area (Å²) in [6.45, 7) is 3.96. The molecule has 0 spiro atoms. The van der Waals surface area contributed by atoms with Crippen molar-refractivity contribution in [3.8, 4) is 0 Å². The normalized spacial score (nSPS) is 17.9. The lowest BCUT2D eigenvalue weighted by molar-refractivity contribution is -0.137. The number of nitrogens with one attached hydrogen (secondary N) is 3. The van der Waals surface area contributed by atoms with Crippen LogP contribution in [0, 0.1) is 5.41 Å². The Kier molecular flexibility index (Phi) is 7.63. The molecule has 1 aromatic heterocycles. The standard InChI is InChI=1S/C22H24ClF5N6O2/c1-20(2,3)36-19(35)31-15-7-8-34(11-21(15,24)25)17-14(10-29)16(32-18(23)33-17)30-13-6-4-5-12(9-13)22(26,27)28/h4-6,9-10,15,29H,7-8,11H2,1-3H3,(H,31,35)(H,30,32,33). The molecule has 1 aliphatic heterocycles. The van der Waals surface area contributed by atoms with Crippen molar-refractivity contribution < 1.29 is 31.5 Å². The van der Waals surface area contributed by atoms with Crippen LogP contribution in [0.25, 0.3) is 0 Å². The van der Waals surface area contributed by atoms with Crippen LogP contribution in [0.3, 0.4) is 0 Å². The van der Waals surface area contributed by atoms with Crippen molar-refractivity contribution >= 4 is 41.2 Å². The predicted octanol–water partition coefficient (Wildman–Crippen LogP) is 5.63. The fraction of sp³-hybridized carbons (Fsp3) is 0.455. The molecule has 0 aliphatic carbocycles. The smallest absolute Gasteiger partial charge is 0.416 e. The average molecular weight is 535 g/mol. The summed E-state index contributed by atoms with van der Waals surface area (Å²) >= 11 is 5.99. The Labute approximate surface area is 208 Å². The number of nitrogens with zero attached hydrogens (tertiary/aromatic N) is 3. The molecule has 196 valence electrons. The van der Waals surface area contributed by atoms with Gasteiger partial charge in [0, 0.05) is 18.4 Å². The van der Waals surface area contributed by atoms with Gasteiger partial charge in [0.2, 0.25) is 5.28 Å². The van der Waals surface area contributed by atoms with Crippen molar-refractivity contribution in [3.63, 3.8) is 0 Å². The summed E-state index contributed by atoms with van der Waals surface area (Å²) in [5.41, 5.74) is -1.83. The molecular formula is C22H24ClF5N6O2. The van der Waals surface area contributed by atoms with E-state index in [9.17, 15) is 26.7 Å². The number of alkyl halides is 5. The van der Waals surface area contributed by atoms with E-state index in [1.54, 1.807) is 20.8 Å². The molecule has 3 N–H and O–H groups in total. The van der Waals surface area contributed by atoms with Crippen LogP contribution in [-0.2, 0) is 10.9 Å². The SMILES string of the molecule is CC(C)(C)OC(=O)NC1CCN(c2nc(Cl)nc(Nc3cccc(C(F)(F)F)c3)c2C=N)CC1(F)F. The van der Waals surface area contributed by atoms with Gasteiger partial charge in [0.15, 0.2) is 0 Å². The van der Waals surface area contributed by atoms with Gasteiger partial charge in [-0.05, 0) is 57.0 Å². The molecule has 1 unspecified atom stereocenters. The minimum atomic E-state index is -4.58. The zero-order valence-electron chi connectivity index (χ0n) is 19.5. The first-order chi connectivity index (χ1) is 16.6. The zero-order chi connectivity index (χ0) is 26.9. The number of benzene rings is 1. The monoisotopic (exact) mass is 534 g/mol. The highest BCUT2D eigenvalue weighted by molar-refractivity contribution is 6.28. The van der Waals surface area contributed by atoms with Crippen LogP contribution in [-0.4, -0.2) is 52.9 Å². The van der Waals surface area contributed by atoms with E-state index in [4.69, 9.17) is 21.7 Å². The van der Waals surface area contributed by atoms with Gasteiger partial charge in [-0.25, -0.2) is 13.6 Å². The van der Waals surface area contributed by atoms with Crippen LogP contribution in [0.15, 0.2) is 24.3 Å². The first-order valence-corrected chi connectivity index (χ1v) is 11.1. The van der Waals surface area contributed by atoms with Crippen molar-refractivity contribution in [2.45, 2.75) is 50.9 Å². The van der Waals surface area contributed by atoms with E-state index in [1.165, 1.54) is 17.0 Å². The Morgan fingerprint density at radius 2 is 1.97 bits per heavy atom. The van der Waals surface area contributed by atoms with Gasteiger partial charge in [-0.2, -0.15) is 23.1 Å². The van der Waals surface area contributed by atoms with Crippen LogP contribution in [0.2, 0.25) is 5.28 Å². The molecule has 0 saturated carbocycles. The molecule has 1 fully saturated rings. The molecule has 1 aliphatic rings. The van der Waals surface area contributed by atoms with Crippen molar-refractivity contribution in [1.82, 2.24) is 15.3 Å². The summed E-state index contributed by atoms with van der Waals surface area (Å²) in [5.74, 6) is -3.63. The molecule has 14 heteroatoms. The van der Waals surface area contributed by atoms with Gasteiger partial charge in [-0.3, -0.25) is 0 Å². The van der Waals surface area contributed by atoms with Crippen LogP contribution < -0.4 is 15.5 Å². The lowest BCUT2D eigenvalue weighted by atomic mass is 10.0. The van der Waals surface area contributed by atoms with E-state index in [-0.39, 0.29) is 41.1 Å². The molecule has 8 nitrogen and oxygen atoms in total. The highest BCUT2D eigenvalue weighted by Crippen LogP contribution is 2.35. The molecular weight excluding hydrogens is 511 g/mol. The topological polar surface area (TPSA) is 103 Å². The Bertz CT molecular complexity index is 1140. The number of hydrogen-bond donors (Lipinski definition) is 3. The number of alkyl carbamates (subject to hydrolysis) is 1. The molecule has 1 atom stereocenters. The van der Waals surface area contributed by atoms with Crippen LogP contribution in [0.5, 0.6) is 0 Å². The Morgan fingerprint density at radius 3 is 2.56 bits per heavy atom. The second-order valence-corrected chi connectivity index (χ2v) is 9.43. The number of aromatic nitrogens is 2. The molecule has 1 aromatic carbocycles. The summed E-state index contributed by atoms with van der Waals surface area (Å²) < 4.78 is 74.2. The van der Waals surface area contributed by atoms with Gasteiger partial charge in [0.1, 0.15) is 17.2 Å². The number of carbonyl (C=O) groups is 1. The minimum absolute atomic E-state index is 0.000703. The third kappa shape index (κ3) is 6.71. The molecule has 3 rings (SSSR count). The quantitative estimate of drug-likeness (QED) is 0.261. The number of halogens is 6. The molecule has 2 heterocycles. The predicted molar refractivity (Wildman–Crippen MR) is 125 cm³/mol. The summed E-state index contributed by atoms with van der Waals surface area (Å²) in [5, 5.41) is 12.3. The Hall–Kier alpha value is -3.22. The summed E-state index contributed by atoms with van der Waals surface area (Å²) in [6.07, 6.45) is -4.94. The highest BCUT2D eigenvalue weighted by atomic mass is 35.5. The number of ether oxygens (including phenoxy) is 1. The third-order valence-corrected chi connectivity index (χ3v) is 5.25. The fourth-order valence-corrected chi connectivity index (χ4v) is 3.72. The lowest BCUT2D eigenvalue weighted by Crippen LogP contribution is -2.59. The Balaban J connectivity index is 1.85. The van der Waals surface area contributed by atoms with Crippen LogP contribution in [0.1, 0.15) is 38.3 Å². The summed E-state index contributed by atoms with van der Waals surface area (Å²) in [4.78, 5) is 21.1. The second-order valence-electron chi connectivity index (χ2n) is 9.10.